The smallest absolute Gasteiger partial charge is 0.257 e. The van der Waals surface area contributed by atoms with Crippen molar-refractivity contribution in [2.24, 2.45) is 7.05 Å². The van der Waals surface area contributed by atoms with Crippen LogP contribution in [0.1, 0.15) is 40.6 Å². The van der Waals surface area contributed by atoms with E-state index in [1.165, 1.54) is 0 Å². The van der Waals surface area contributed by atoms with Crippen molar-refractivity contribution in [3.8, 4) is 0 Å². The maximum Gasteiger partial charge on any atom is 0.257 e. The van der Waals surface area contributed by atoms with Gasteiger partial charge in [-0.15, -0.1) is 0 Å². The summed E-state index contributed by atoms with van der Waals surface area (Å²) < 4.78 is 1.70. The van der Waals surface area contributed by atoms with Crippen LogP contribution in [-0.4, -0.2) is 43.6 Å². The zero-order valence-electron chi connectivity index (χ0n) is 14.0. The maximum absolute atomic E-state index is 12.8. The fourth-order valence-corrected chi connectivity index (χ4v) is 3.53. The molecule has 6 heteroatoms. The lowest BCUT2D eigenvalue weighted by atomic mass is 9.97. The molecule has 3 heterocycles. The van der Waals surface area contributed by atoms with Crippen LogP contribution in [0.3, 0.4) is 0 Å². The van der Waals surface area contributed by atoms with E-state index >= 15 is 0 Å². The number of likely N-dealkylation sites (tertiary alicyclic amines) is 1. The zero-order chi connectivity index (χ0) is 16.7. The molecule has 0 aliphatic carbocycles. The summed E-state index contributed by atoms with van der Waals surface area (Å²) in [6, 6.07) is 8.05. The van der Waals surface area contributed by atoms with Gasteiger partial charge in [0.15, 0.2) is 0 Å². The standard InChI is InChI=1S/C18H21N5O/c1-12-14(11-22(2)21-12)18(24)23-9-5-6-13(10-23)17-19-15-7-3-4-8-16(15)20-17/h3-4,7-8,11,13H,5-6,9-10H2,1-2H3,(H,19,20)/t13-/m0/s1. The van der Waals surface area contributed by atoms with Gasteiger partial charge in [-0.25, -0.2) is 4.98 Å². The highest BCUT2D eigenvalue weighted by molar-refractivity contribution is 5.95. The third-order valence-electron chi connectivity index (χ3n) is 4.75. The Hall–Kier alpha value is -2.63. The minimum Gasteiger partial charge on any atom is -0.342 e. The van der Waals surface area contributed by atoms with E-state index in [0.717, 1.165) is 41.9 Å². The fourth-order valence-electron chi connectivity index (χ4n) is 3.53. The Balaban J connectivity index is 1.57. The monoisotopic (exact) mass is 323 g/mol. The molecule has 0 saturated carbocycles. The molecule has 1 aromatic carbocycles. The summed E-state index contributed by atoms with van der Waals surface area (Å²) in [5.74, 6) is 1.31. The van der Waals surface area contributed by atoms with Gasteiger partial charge >= 0.3 is 0 Å². The Morgan fingerprint density at radius 2 is 2.17 bits per heavy atom. The number of nitrogens with one attached hydrogen (secondary N) is 1. The first kappa shape index (κ1) is 14.9. The molecule has 0 bridgehead atoms. The van der Waals surface area contributed by atoms with Crippen molar-refractivity contribution in [2.45, 2.75) is 25.7 Å². The number of H-pyrrole nitrogens is 1. The SMILES string of the molecule is Cc1nn(C)cc1C(=O)N1CCC[C@H](c2nc3ccccc3[nH]2)C1. The molecule has 0 unspecified atom stereocenters. The summed E-state index contributed by atoms with van der Waals surface area (Å²) in [5, 5.41) is 4.28. The highest BCUT2D eigenvalue weighted by Gasteiger charge is 2.28. The summed E-state index contributed by atoms with van der Waals surface area (Å²) in [6.45, 7) is 3.38. The van der Waals surface area contributed by atoms with Gasteiger partial charge < -0.3 is 9.88 Å². The number of carbonyl (C=O) groups is 1. The maximum atomic E-state index is 12.8. The van der Waals surface area contributed by atoms with Crippen molar-refractivity contribution < 1.29 is 4.79 Å². The molecule has 0 spiro atoms. The van der Waals surface area contributed by atoms with E-state index in [-0.39, 0.29) is 11.8 Å². The number of para-hydroxylation sites is 2. The number of fused-ring (bicyclic) bond motifs is 1. The molecule has 24 heavy (non-hydrogen) atoms. The van der Waals surface area contributed by atoms with Gasteiger partial charge in [0, 0.05) is 32.3 Å². The van der Waals surface area contributed by atoms with Gasteiger partial charge in [0.1, 0.15) is 5.82 Å². The van der Waals surface area contributed by atoms with Crippen LogP contribution in [0, 0.1) is 6.92 Å². The second kappa shape index (κ2) is 5.78. The first-order valence-corrected chi connectivity index (χ1v) is 8.36. The summed E-state index contributed by atoms with van der Waals surface area (Å²) in [7, 11) is 1.84. The van der Waals surface area contributed by atoms with E-state index < -0.39 is 0 Å². The van der Waals surface area contributed by atoms with Gasteiger partial charge in [-0.3, -0.25) is 9.48 Å². The number of aryl methyl sites for hydroxylation is 2. The molecule has 6 nitrogen and oxygen atoms in total. The number of amides is 1. The van der Waals surface area contributed by atoms with Crippen molar-refractivity contribution in [2.75, 3.05) is 13.1 Å². The molecule has 4 rings (SSSR count). The fraction of sp³-hybridized carbons (Fsp3) is 0.389. The molecule has 1 aliphatic heterocycles. The van der Waals surface area contributed by atoms with Crippen LogP contribution in [0.5, 0.6) is 0 Å². The van der Waals surface area contributed by atoms with Gasteiger partial charge in [0.25, 0.3) is 5.91 Å². The average Bonchev–Trinajstić information content (AvgIpc) is 3.17. The third-order valence-corrected chi connectivity index (χ3v) is 4.75. The second-order valence-electron chi connectivity index (χ2n) is 6.53. The van der Waals surface area contributed by atoms with E-state index in [1.54, 1.807) is 4.68 Å². The lowest BCUT2D eigenvalue weighted by molar-refractivity contribution is 0.0704. The van der Waals surface area contributed by atoms with E-state index in [4.69, 9.17) is 4.98 Å². The predicted molar refractivity (Wildman–Crippen MR) is 91.9 cm³/mol. The van der Waals surface area contributed by atoms with Gasteiger partial charge in [-0.05, 0) is 31.9 Å². The minimum atomic E-state index is 0.0708. The molecular formula is C18H21N5O. The van der Waals surface area contributed by atoms with Crippen LogP contribution >= 0.6 is 0 Å². The first-order valence-electron chi connectivity index (χ1n) is 8.36. The lowest BCUT2D eigenvalue weighted by Gasteiger charge is -2.31. The molecule has 1 N–H and O–H groups in total. The van der Waals surface area contributed by atoms with Crippen LogP contribution in [0.2, 0.25) is 0 Å². The van der Waals surface area contributed by atoms with Gasteiger partial charge in [0.05, 0.1) is 22.3 Å². The quantitative estimate of drug-likeness (QED) is 0.788. The molecular weight excluding hydrogens is 302 g/mol. The lowest BCUT2D eigenvalue weighted by Crippen LogP contribution is -2.39. The molecule has 1 amide bonds. The molecule has 0 radical (unpaired) electrons. The molecule has 1 saturated heterocycles. The van der Waals surface area contributed by atoms with Crippen molar-refractivity contribution in [1.29, 1.82) is 0 Å². The Morgan fingerprint density at radius 1 is 1.33 bits per heavy atom. The highest BCUT2D eigenvalue weighted by atomic mass is 16.2. The Labute approximate surface area is 140 Å². The summed E-state index contributed by atoms with van der Waals surface area (Å²) in [4.78, 5) is 22.9. The van der Waals surface area contributed by atoms with Crippen molar-refractivity contribution in [1.82, 2.24) is 24.6 Å². The number of hydrogen-bond acceptors (Lipinski definition) is 3. The van der Waals surface area contributed by atoms with Gasteiger partial charge in [-0.1, -0.05) is 12.1 Å². The topological polar surface area (TPSA) is 66.8 Å². The molecule has 1 fully saturated rings. The van der Waals surface area contributed by atoms with E-state index in [0.29, 0.717) is 12.1 Å². The molecule has 3 aromatic rings. The van der Waals surface area contributed by atoms with Gasteiger partial charge in [0.2, 0.25) is 0 Å². The largest absolute Gasteiger partial charge is 0.342 e. The molecule has 124 valence electrons. The Bertz CT molecular complexity index is 861. The average molecular weight is 323 g/mol. The number of carbonyl (C=O) groups excluding carboxylic acids is 1. The number of imidazole rings is 1. The molecule has 1 atom stereocenters. The summed E-state index contributed by atoms with van der Waals surface area (Å²) in [5.41, 5.74) is 3.52. The van der Waals surface area contributed by atoms with Crippen LogP contribution in [0.25, 0.3) is 11.0 Å². The number of aromatic nitrogens is 4. The Kier molecular flexibility index (Phi) is 3.59. The normalized spacial score (nSPS) is 18.2. The summed E-state index contributed by atoms with van der Waals surface area (Å²) >= 11 is 0. The van der Waals surface area contributed by atoms with Crippen LogP contribution in [0.15, 0.2) is 30.5 Å². The highest BCUT2D eigenvalue weighted by Crippen LogP contribution is 2.27. The molecule has 2 aromatic heterocycles. The first-order chi connectivity index (χ1) is 11.6. The number of piperidine rings is 1. The second-order valence-corrected chi connectivity index (χ2v) is 6.53. The Morgan fingerprint density at radius 3 is 2.92 bits per heavy atom. The number of rotatable bonds is 2. The number of aromatic amines is 1. The van der Waals surface area contributed by atoms with E-state index in [1.807, 2.05) is 49.3 Å². The third kappa shape index (κ3) is 2.58. The predicted octanol–water partition coefficient (Wildman–Crippen LogP) is 2.62. The number of benzene rings is 1. The van der Waals surface area contributed by atoms with Crippen molar-refractivity contribution in [3.05, 3.63) is 47.5 Å². The minimum absolute atomic E-state index is 0.0708. The van der Waals surface area contributed by atoms with E-state index in [9.17, 15) is 4.79 Å². The van der Waals surface area contributed by atoms with Crippen LogP contribution < -0.4 is 0 Å². The van der Waals surface area contributed by atoms with Crippen molar-refractivity contribution >= 4 is 16.9 Å². The van der Waals surface area contributed by atoms with Crippen LogP contribution in [0.4, 0.5) is 0 Å². The van der Waals surface area contributed by atoms with Crippen LogP contribution in [-0.2, 0) is 7.05 Å². The summed E-state index contributed by atoms with van der Waals surface area (Å²) in [6.07, 6.45) is 3.85. The van der Waals surface area contributed by atoms with Gasteiger partial charge in [-0.2, -0.15) is 5.10 Å². The number of nitrogens with zero attached hydrogens (tertiary/aromatic N) is 4. The van der Waals surface area contributed by atoms with E-state index in [2.05, 4.69) is 10.1 Å². The molecule has 1 aliphatic rings. The zero-order valence-corrected chi connectivity index (χ0v) is 14.0. The van der Waals surface area contributed by atoms with Crippen molar-refractivity contribution in [3.63, 3.8) is 0 Å². The number of hydrogen-bond donors (Lipinski definition) is 1.